The highest BCUT2D eigenvalue weighted by atomic mass is 35.5. The lowest BCUT2D eigenvalue weighted by Gasteiger charge is -2.18. The fraction of sp³-hybridized carbons (Fsp3) is 0.273. The fourth-order valence-corrected chi connectivity index (χ4v) is 3.67. The van der Waals surface area contributed by atoms with Crippen LogP contribution in [0.1, 0.15) is 18.1 Å². The predicted octanol–water partition coefficient (Wildman–Crippen LogP) is 3.92. The zero-order valence-corrected chi connectivity index (χ0v) is 20.0. The molecule has 0 aliphatic carbocycles. The number of primary amides is 1. The molecule has 3 N–H and O–H groups in total. The van der Waals surface area contributed by atoms with Gasteiger partial charge in [-0.05, 0) is 30.3 Å². The predicted molar refractivity (Wildman–Crippen MR) is 125 cm³/mol. The van der Waals surface area contributed by atoms with Gasteiger partial charge in [0.15, 0.2) is 5.82 Å². The minimum Gasteiger partial charge on any atom is -0.440 e. The van der Waals surface area contributed by atoms with Crippen molar-refractivity contribution in [1.82, 2.24) is 19.7 Å². The molecule has 192 valence electrons. The first-order chi connectivity index (χ1) is 16.9. The molecule has 3 aromatic rings. The molecule has 1 atom stereocenters. The van der Waals surface area contributed by atoms with Crippen molar-refractivity contribution < 1.29 is 27.5 Å². The first-order valence-corrected chi connectivity index (χ1v) is 11.2. The molecule has 0 aliphatic heterocycles. The summed E-state index contributed by atoms with van der Waals surface area (Å²) in [5.41, 5.74) is 4.93. The molecule has 3 rings (SSSR count). The second-order valence-electron chi connectivity index (χ2n) is 7.54. The van der Waals surface area contributed by atoms with Crippen LogP contribution in [0, 0.1) is 0 Å². The molecule has 14 heteroatoms. The van der Waals surface area contributed by atoms with Crippen LogP contribution >= 0.6 is 23.2 Å². The Kier molecular flexibility index (Phi) is 8.64. The van der Waals surface area contributed by atoms with Crippen LogP contribution in [0.15, 0.2) is 53.3 Å². The average molecular weight is 546 g/mol. The quantitative estimate of drug-likeness (QED) is 0.422. The molecule has 0 saturated heterocycles. The van der Waals surface area contributed by atoms with Crippen LogP contribution in [-0.4, -0.2) is 39.1 Å². The summed E-state index contributed by atoms with van der Waals surface area (Å²) in [4.78, 5) is 36.7. The molecule has 2 aromatic carbocycles. The van der Waals surface area contributed by atoms with E-state index in [0.29, 0.717) is 16.1 Å². The maximum atomic E-state index is 12.8. The molecule has 9 nitrogen and oxygen atoms in total. The molecule has 36 heavy (non-hydrogen) atoms. The monoisotopic (exact) mass is 545 g/mol. The van der Waals surface area contributed by atoms with Crippen LogP contribution < -0.4 is 16.7 Å². The highest BCUT2D eigenvalue weighted by molar-refractivity contribution is 6.31. The number of alkyl halides is 3. The summed E-state index contributed by atoms with van der Waals surface area (Å²) in [6.07, 6.45) is -7.90. The Labute approximate surface area is 212 Å². The normalized spacial score (nSPS) is 12.2. The van der Waals surface area contributed by atoms with Gasteiger partial charge in [0.1, 0.15) is 12.6 Å². The maximum Gasteiger partial charge on any atom is 0.405 e. The minimum absolute atomic E-state index is 0.0558. The lowest BCUT2D eigenvalue weighted by molar-refractivity contribution is -0.136. The standard InChI is InChI=1S/C22H20Cl2F3N5O4/c23-14-7-5-13(6-8-14)19-30-32(21(35)31(19)10-9-22(25,26)27)12-18(33)29-11-17(36-20(28)34)15-3-1-2-4-16(15)24/h1-8,17H,9-12H2,(H2,28,34)(H,29,33). The van der Waals surface area contributed by atoms with E-state index in [0.717, 1.165) is 9.25 Å². The van der Waals surface area contributed by atoms with E-state index in [1.54, 1.807) is 24.3 Å². The van der Waals surface area contributed by atoms with E-state index in [-0.39, 0.29) is 17.4 Å². The molecule has 0 bridgehead atoms. The maximum absolute atomic E-state index is 12.8. The lowest BCUT2D eigenvalue weighted by atomic mass is 10.1. The van der Waals surface area contributed by atoms with E-state index in [2.05, 4.69) is 10.4 Å². The topological polar surface area (TPSA) is 121 Å². The van der Waals surface area contributed by atoms with E-state index in [1.807, 2.05) is 0 Å². The summed E-state index contributed by atoms with van der Waals surface area (Å²) >= 11 is 12.0. The van der Waals surface area contributed by atoms with Crippen molar-refractivity contribution in [3.8, 4) is 11.4 Å². The minimum atomic E-state index is -4.51. The molecular formula is C22H20Cl2F3N5O4. The smallest absolute Gasteiger partial charge is 0.405 e. The van der Waals surface area contributed by atoms with E-state index in [1.165, 1.54) is 24.3 Å². The van der Waals surface area contributed by atoms with Crippen molar-refractivity contribution in [1.29, 1.82) is 0 Å². The second kappa shape index (κ2) is 11.5. The van der Waals surface area contributed by atoms with Gasteiger partial charge in [0.2, 0.25) is 5.91 Å². The SMILES string of the molecule is NC(=O)OC(CNC(=O)Cn1nc(-c2ccc(Cl)cc2)n(CCC(F)(F)F)c1=O)c1ccccc1Cl. The number of carbonyl (C=O) groups is 2. The first kappa shape index (κ1) is 27.1. The summed E-state index contributed by atoms with van der Waals surface area (Å²) in [6.45, 7) is -1.54. The number of nitrogens with one attached hydrogen (secondary N) is 1. The Morgan fingerprint density at radius 2 is 1.78 bits per heavy atom. The Bertz CT molecular complexity index is 1290. The number of hydrogen-bond acceptors (Lipinski definition) is 5. The third kappa shape index (κ3) is 7.25. The number of ether oxygens (including phenoxy) is 1. The zero-order chi connectivity index (χ0) is 26.5. The Balaban J connectivity index is 1.81. The molecule has 0 radical (unpaired) electrons. The van der Waals surface area contributed by atoms with E-state index >= 15 is 0 Å². The summed E-state index contributed by atoms with van der Waals surface area (Å²) < 4.78 is 45.1. The van der Waals surface area contributed by atoms with Crippen LogP contribution in [0.4, 0.5) is 18.0 Å². The van der Waals surface area contributed by atoms with Gasteiger partial charge >= 0.3 is 18.0 Å². The van der Waals surface area contributed by atoms with Crippen LogP contribution in [0.3, 0.4) is 0 Å². The molecular weight excluding hydrogens is 526 g/mol. The number of hydrogen-bond donors (Lipinski definition) is 2. The van der Waals surface area contributed by atoms with E-state index in [4.69, 9.17) is 33.7 Å². The number of carbonyl (C=O) groups excluding carboxylic acids is 2. The number of benzene rings is 2. The van der Waals surface area contributed by atoms with Gasteiger partial charge in [-0.15, -0.1) is 5.10 Å². The van der Waals surface area contributed by atoms with Gasteiger partial charge in [-0.1, -0.05) is 41.4 Å². The Morgan fingerprint density at radius 1 is 1.11 bits per heavy atom. The van der Waals surface area contributed by atoms with Crippen molar-refractivity contribution in [3.63, 3.8) is 0 Å². The summed E-state index contributed by atoms with van der Waals surface area (Å²) in [5.74, 6) is -0.773. The summed E-state index contributed by atoms with van der Waals surface area (Å²) in [6, 6.07) is 12.4. The van der Waals surface area contributed by atoms with Gasteiger partial charge in [0.05, 0.1) is 13.0 Å². The van der Waals surface area contributed by atoms with Crippen LogP contribution in [0.2, 0.25) is 10.0 Å². The molecule has 0 fully saturated rings. The van der Waals surface area contributed by atoms with Crippen LogP contribution in [0.5, 0.6) is 0 Å². The fourth-order valence-electron chi connectivity index (χ4n) is 3.29. The second-order valence-corrected chi connectivity index (χ2v) is 8.38. The number of amides is 2. The largest absolute Gasteiger partial charge is 0.440 e. The molecule has 2 amide bonds. The molecule has 1 unspecified atom stereocenters. The molecule has 1 aromatic heterocycles. The van der Waals surface area contributed by atoms with Crippen molar-refractivity contribution >= 4 is 35.2 Å². The van der Waals surface area contributed by atoms with Gasteiger partial charge in [0.25, 0.3) is 0 Å². The number of nitrogens with zero attached hydrogens (tertiary/aromatic N) is 3. The average Bonchev–Trinajstić information content (AvgIpc) is 3.10. The third-order valence-electron chi connectivity index (χ3n) is 4.93. The number of aromatic nitrogens is 3. The summed E-state index contributed by atoms with van der Waals surface area (Å²) in [5, 5.41) is 7.20. The number of halogens is 5. The van der Waals surface area contributed by atoms with Crippen LogP contribution in [0.25, 0.3) is 11.4 Å². The highest BCUT2D eigenvalue weighted by Gasteiger charge is 2.29. The molecule has 0 spiro atoms. The van der Waals surface area contributed by atoms with Crippen molar-refractivity contribution in [2.45, 2.75) is 31.8 Å². The van der Waals surface area contributed by atoms with Crippen molar-refractivity contribution in [2.75, 3.05) is 6.54 Å². The third-order valence-corrected chi connectivity index (χ3v) is 5.53. The summed E-state index contributed by atoms with van der Waals surface area (Å²) in [7, 11) is 0. The zero-order valence-electron chi connectivity index (χ0n) is 18.5. The van der Waals surface area contributed by atoms with Crippen LogP contribution in [-0.2, 0) is 22.6 Å². The molecule has 1 heterocycles. The first-order valence-electron chi connectivity index (χ1n) is 10.4. The highest BCUT2D eigenvalue weighted by Crippen LogP contribution is 2.25. The number of nitrogens with two attached hydrogens (primary N) is 1. The Hall–Kier alpha value is -3.51. The van der Waals surface area contributed by atoms with Gasteiger partial charge in [-0.25, -0.2) is 14.3 Å². The van der Waals surface area contributed by atoms with E-state index in [9.17, 15) is 27.6 Å². The van der Waals surface area contributed by atoms with Gasteiger partial charge in [0, 0.05) is 27.7 Å². The van der Waals surface area contributed by atoms with Crippen molar-refractivity contribution in [2.24, 2.45) is 5.73 Å². The molecule has 0 saturated carbocycles. The van der Waals surface area contributed by atoms with Gasteiger partial charge < -0.3 is 15.8 Å². The van der Waals surface area contributed by atoms with Gasteiger partial charge in [-0.3, -0.25) is 9.36 Å². The van der Waals surface area contributed by atoms with E-state index < -0.39 is 49.5 Å². The number of rotatable bonds is 9. The molecule has 0 aliphatic rings. The van der Waals surface area contributed by atoms with Gasteiger partial charge in [-0.2, -0.15) is 13.2 Å². The Morgan fingerprint density at radius 3 is 2.39 bits per heavy atom. The van der Waals surface area contributed by atoms with Crippen molar-refractivity contribution in [3.05, 3.63) is 74.6 Å². The lowest BCUT2D eigenvalue weighted by Crippen LogP contribution is -2.37.